The molecule has 3 aromatic rings. The minimum atomic E-state index is -0.729. The summed E-state index contributed by atoms with van der Waals surface area (Å²) < 4.78 is 0. The minimum Gasteiger partial charge on any atom is -0.365 e. The average molecular weight is 290 g/mol. The van der Waals surface area contributed by atoms with Gasteiger partial charge in [0.1, 0.15) is 5.56 Å². The van der Waals surface area contributed by atoms with Gasteiger partial charge in [0.2, 0.25) is 0 Å². The number of carbonyl (C=O) groups is 1. The van der Waals surface area contributed by atoms with E-state index >= 15 is 0 Å². The van der Waals surface area contributed by atoms with E-state index in [1.165, 1.54) is 6.07 Å². The van der Waals surface area contributed by atoms with Crippen molar-refractivity contribution >= 4 is 5.91 Å². The number of benzene rings is 2. The highest BCUT2D eigenvalue weighted by Crippen LogP contribution is 2.23. The summed E-state index contributed by atoms with van der Waals surface area (Å²) in [5, 5.41) is 0. The first kappa shape index (κ1) is 13.8. The second-order valence-electron chi connectivity index (χ2n) is 4.92. The molecule has 0 bridgehead atoms. The maximum absolute atomic E-state index is 11.8. The van der Waals surface area contributed by atoms with Gasteiger partial charge >= 0.3 is 0 Å². The van der Waals surface area contributed by atoms with Crippen molar-refractivity contribution in [2.45, 2.75) is 0 Å². The van der Waals surface area contributed by atoms with Crippen molar-refractivity contribution in [2.24, 2.45) is 5.73 Å². The lowest BCUT2D eigenvalue weighted by Crippen LogP contribution is -2.23. The van der Waals surface area contributed by atoms with Crippen LogP contribution in [0.15, 0.2) is 71.5 Å². The van der Waals surface area contributed by atoms with Crippen molar-refractivity contribution in [3.63, 3.8) is 0 Å². The van der Waals surface area contributed by atoms with Crippen LogP contribution in [0.4, 0.5) is 0 Å². The van der Waals surface area contributed by atoms with Crippen molar-refractivity contribution in [2.75, 3.05) is 0 Å². The number of hydrogen-bond donors (Lipinski definition) is 2. The maximum atomic E-state index is 11.8. The molecule has 0 saturated heterocycles. The molecule has 0 aliphatic rings. The van der Waals surface area contributed by atoms with Gasteiger partial charge in [0.25, 0.3) is 11.5 Å². The Morgan fingerprint density at radius 3 is 1.95 bits per heavy atom. The van der Waals surface area contributed by atoms with Crippen LogP contribution >= 0.6 is 0 Å². The zero-order chi connectivity index (χ0) is 15.5. The summed E-state index contributed by atoms with van der Waals surface area (Å²) in [6.45, 7) is 0. The number of aromatic amines is 1. The first-order chi connectivity index (χ1) is 10.6. The summed E-state index contributed by atoms with van der Waals surface area (Å²) >= 11 is 0. The second kappa shape index (κ2) is 5.69. The molecule has 108 valence electrons. The van der Waals surface area contributed by atoms with E-state index in [2.05, 4.69) is 4.98 Å². The summed E-state index contributed by atoms with van der Waals surface area (Å²) in [4.78, 5) is 25.5. The van der Waals surface area contributed by atoms with E-state index in [4.69, 9.17) is 5.73 Å². The van der Waals surface area contributed by atoms with Crippen molar-refractivity contribution < 1.29 is 4.79 Å². The van der Waals surface area contributed by atoms with Crippen molar-refractivity contribution in [3.05, 3.63) is 82.6 Å². The molecule has 1 heterocycles. The van der Waals surface area contributed by atoms with E-state index in [1.807, 2.05) is 54.6 Å². The standard InChI is InChI=1S/C18H14N2O2/c19-17(21)15-10-11-16(20-18(15)22)14-8-6-13(7-9-14)12-4-2-1-3-5-12/h1-11H,(H2,19,21)(H,20,22). The zero-order valence-electron chi connectivity index (χ0n) is 11.7. The van der Waals surface area contributed by atoms with Crippen LogP contribution in [-0.2, 0) is 0 Å². The summed E-state index contributed by atoms with van der Waals surface area (Å²) in [6.07, 6.45) is 0. The molecule has 3 N–H and O–H groups in total. The maximum Gasteiger partial charge on any atom is 0.261 e. The van der Waals surface area contributed by atoms with Crippen LogP contribution in [0.1, 0.15) is 10.4 Å². The van der Waals surface area contributed by atoms with E-state index in [9.17, 15) is 9.59 Å². The van der Waals surface area contributed by atoms with Crippen LogP contribution in [0.25, 0.3) is 22.4 Å². The predicted molar refractivity (Wildman–Crippen MR) is 86.5 cm³/mol. The molecule has 0 unspecified atom stereocenters. The molecule has 3 rings (SSSR count). The fraction of sp³-hybridized carbons (Fsp3) is 0. The highest BCUT2D eigenvalue weighted by molar-refractivity contribution is 5.92. The number of H-pyrrole nitrogens is 1. The highest BCUT2D eigenvalue weighted by Gasteiger charge is 2.07. The summed E-state index contributed by atoms with van der Waals surface area (Å²) in [7, 11) is 0. The van der Waals surface area contributed by atoms with Gasteiger partial charge in [-0.25, -0.2) is 0 Å². The van der Waals surface area contributed by atoms with E-state index < -0.39 is 11.5 Å². The number of amides is 1. The Hall–Kier alpha value is -3.14. The number of nitrogens with two attached hydrogens (primary N) is 1. The number of nitrogens with one attached hydrogen (secondary N) is 1. The van der Waals surface area contributed by atoms with Gasteiger partial charge in [0, 0.05) is 5.69 Å². The van der Waals surface area contributed by atoms with Crippen LogP contribution in [0.3, 0.4) is 0 Å². The van der Waals surface area contributed by atoms with E-state index in [0.29, 0.717) is 5.69 Å². The van der Waals surface area contributed by atoms with Gasteiger partial charge in [-0.15, -0.1) is 0 Å². The lowest BCUT2D eigenvalue weighted by molar-refractivity contribution is 0.0999. The SMILES string of the molecule is NC(=O)c1ccc(-c2ccc(-c3ccccc3)cc2)[nH]c1=O. The third-order valence-electron chi connectivity index (χ3n) is 3.48. The molecular weight excluding hydrogens is 276 g/mol. The minimum absolute atomic E-state index is 0.0374. The van der Waals surface area contributed by atoms with Crippen LogP contribution < -0.4 is 11.3 Å². The fourth-order valence-electron chi connectivity index (χ4n) is 2.31. The van der Waals surface area contributed by atoms with Gasteiger partial charge in [-0.3, -0.25) is 9.59 Å². The topological polar surface area (TPSA) is 76.0 Å². The Labute approximate surface area is 127 Å². The highest BCUT2D eigenvalue weighted by atomic mass is 16.2. The average Bonchev–Trinajstić information content (AvgIpc) is 2.55. The molecule has 1 amide bonds. The molecular formula is C18H14N2O2. The first-order valence-electron chi connectivity index (χ1n) is 6.84. The Morgan fingerprint density at radius 1 is 0.773 bits per heavy atom. The molecule has 4 nitrogen and oxygen atoms in total. The molecule has 0 radical (unpaired) electrons. The van der Waals surface area contributed by atoms with Crippen molar-refractivity contribution in [1.82, 2.24) is 4.98 Å². The van der Waals surface area contributed by atoms with Gasteiger partial charge < -0.3 is 10.7 Å². The molecule has 1 aromatic heterocycles. The van der Waals surface area contributed by atoms with Crippen molar-refractivity contribution in [1.29, 1.82) is 0 Å². The molecule has 0 spiro atoms. The first-order valence-corrected chi connectivity index (χ1v) is 6.84. The molecule has 2 aromatic carbocycles. The molecule has 0 atom stereocenters. The number of primary amides is 1. The quantitative estimate of drug-likeness (QED) is 0.778. The van der Waals surface area contributed by atoms with E-state index in [0.717, 1.165) is 16.7 Å². The Bertz CT molecular complexity index is 866. The van der Waals surface area contributed by atoms with Crippen LogP contribution in [0.2, 0.25) is 0 Å². The van der Waals surface area contributed by atoms with Gasteiger partial charge in [0.15, 0.2) is 0 Å². The molecule has 0 saturated carbocycles. The zero-order valence-corrected chi connectivity index (χ0v) is 11.7. The molecule has 0 fully saturated rings. The smallest absolute Gasteiger partial charge is 0.261 e. The van der Waals surface area contributed by atoms with Crippen LogP contribution in [-0.4, -0.2) is 10.9 Å². The number of hydrogen-bond acceptors (Lipinski definition) is 2. The van der Waals surface area contributed by atoms with Gasteiger partial charge in [0.05, 0.1) is 0 Å². The lowest BCUT2D eigenvalue weighted by Gasteiger charge is -2.05. The Morgan fingerprint density at radius 2 is 1.36 bits per heavy atom. The summed E-state index contributed by atoms with van der Waals surface area (Å²) in [6, 6.07) is 21.0. The van der Waals surface area contributed by atoms with Crippen molar-refractivity contribution in [3.8, 4) is 22.4 Å². The monoisotopic (exact) mass is 290 g/mol. The summed E-state index contributed by atoms with van der Waals surface area (Å²) in [5.41, 5.74) is 8.36. The number of aromatic nitrogens is 1. The molecule has 0 aliphatic heterocycles. The van der Waals surface area contributed by atoms with Gasteiger partial charge in [-0.2, -0.15) is 0 Å². The third-order valence-corrected chi connectivity index (χ3v) is 3.48. The molecule has 0 aliphatic carbocycles. The fourth-order valence-corrected chi connectivity index (χ4v) is 2.31. The second-order valence-corrected chi connectivity index (χ2v) is 4.92. The molecule has 4 heteroatoms. The predicted octanol–water partition coefficient (Wildman–Crippen LogP) is 2.81. The Balaban J connectivity index is 1.95. The number of carbonyl (C=O) groups excluding carboxylic acids is 1. The molecule has 22 heavy (non-hydrogen) atoms. The summed E-state index contributed by atoms with van der Waals surface area (Å²) in [5.74, 6) is -0.729. The Kier molecular flexibility index (Phi) is 3.58. The third kappa shape index (κ3) is 2.67. The lowest BCUT2D eigenvalue weighted by atomic mass is 10.0. The normalized spacial score (nSPS) is 10.4. The number of rotatable bonds is 3. The van der Waals surface area contributed by atoms with E-state index in [-0.39, 0.29) is 5.56 Å². The number of pyridine rings is 1. The van der Waals surface area contributed by atoms with Gasteiger partial charge in [-0.05, 0) is 28.8 Å². The van der Waals surface area contributed by atoms with Crippen LogP contribution in [0.5, 0.6) is 0 Å². The largest absolute Gasteiger partial charge is 0.365 e. The van der Waals surface area contributed by atoms with E-state index in [1.54, 1.807) is 6.07 Å². The van der Waals surface area contributed by atoms with Crippen LogP contribution in [0, 0.1) is 0 Å². The van der Waals surface area contributed by atoms with Gasteiger partial charge in [-0.1, -0.05) is 54.6 Å².